The van der Waals surface area contributed by atoms with E-state index in [-0.39, 0.29) is 31.6 Å². The highest BCUT2D eigenvalue weighted by Gasteiger charge is 2.60. The fourth-order valence-corrected chi connectivity index (χ4v) is 5.43. The first-order valence-electron chi connectivity index (χ1n) is 11.9. The molecule has 1 spiro atoms. The first-order chi connectivity index (χ1) is 17.2. The van der Waals surface area contributed by atoms with Crippen LogP contribution >= 0.6 is 11.6 Å². The van der Waals surface area contributed by atoms with Crippen LogP contribution in [0.2, 0.25) is 5.02 Å². The van der Waals surface area contributed by atoms with E-state index in [9.17, 15) is 36.2 Å². The van der Waals surface area contributed by atoms with Gasteiger partial charge in [0, 0.05) is 75.0 Å². The third kappa shape index (κ3) is 6.37. The molecule has 0 bridgehead atoms. The fraction of sp³-hybridized carbons (Fsp3) is 0.696. The number of amides is 1. The highest BCUT2D eigenvalue weighted by atomic mass is 35.5. The molecule has 208 valence electrons. The number of ether oxygens (including phenoxy) is 1. The Bertz CT molecular complexity index is 964. The van der Waals surface area contributed by atoms with Crippen molar-refractivity contribution in [3.8, 4) is 0 Å². The maximum Gasteiger partial charge on any atom is 0.434 e. The van der Waals surface area contributed by atoms with Crippen LogP contribution in [0.3, 0.4) is 0 Å². The Morgan fingerprint density at radius 1 is 1.05 bits per heavy atom. The largest absolute Gasteiger partial charge is 0.434 e. The Kier molecular flexibility index (Phi) is 7.82. The van der Waals surface area contributed by atoms with Gasteiger partial charge in [-0.2, -0.15) is 26.3 Å². The molecule has 7 nitrogen and oxygen atoms in total. The van der Waals surface area contributed by atoms with Gasteiger partial charge in [-0.25, -0.2) is 4.79 Å². The van der Waals surface area contributed by atoms with E-state index in [1.165, 1.54) is 0 Å². The van der Waals surface area contributed by atoms with Gasteiger partial charge in [-0.1, -0.05) is 17.7 Å². The maximum absolute atomic E-state index is 12.7. The van der Waals surface area contributed by atoms with Crippen molar-refractivity contribution < 1.29 is 41.0 Å². The van der Waals surface area contributed by atoms with E-state index in [0.717, 1.165) is 48.8 Å². The number of carbonyl (C=O) groups excluding carboxylic acids is 1. The molecule has 0 aliphatic carbocycles. The minimum absolute atomic E-state index is 0.0633. The van der Waals surface area contributed by atoms with Crippen molar-refractivity contribution in [2.75, 3.05) is 57.3 Å². The summed E-state index contributed by atoms with van der Waals surface area (Å²) >= 11 is 6.28. The lowest BCUT2D eigenvalue weighted by Crippen LogP contribution is -2.60. The Balaban J connectivity index is 1.35. The molecule has 0 aromatic heterocycles. The highest BCUT2D eigenvalue weighted by Crippen LogP contribution is 2.43. The molecule has 1 amide bonds. The molecule has 3 aliphatic rings. The van der Waals surface area contributed by atoms with E-state index in [2.05, 4.69) is 9.64 Å². The van der Waals surface area contributed by atoms with Crippen LogP contribution in [0.15, 0.2) is 18.2 Å². The second-order valence-corrected chi connectivity index (χ2v) is 10.5. The third-order valence-electron chi connectivity index (χ3n) is 7.27. The number of hydrogen-bond acceptors (Lipinski definition) is 6. The average molecular weight is 559 g/mol. The Morgan fingerprint density at radius 2 is 1.68 bits per heavy atom. The number of anilines is 1. The molecule has 1 unspecified atom stereocenters. The molecular formula is C23H29ClF6N4O3. The van der Waals surface area contributed by atoms with Crippen molar-refractivity contribution in [1.29, 1.82) is 0 Å². The number of alkyl halides is 6. The number of aliphatic hydroxyl groups excluding tert-OH is 1. The SMILES string of the molecule is CC(O)N1CC2(CCN(c3cc(Cl)ccc3CN3CCN(C(=O)OC(C(F)(F)F)C(F)(F)F)CC3)C2)C1. The molecule has 3 saturated heterocycles. The summed E-state index contributed by atoms with van der Waals surface area (Å²) in [5.41, 5.74) is 2.08. The van der Waals surface area contributed by atoms with Crippen LogP contribution in [0.5, 0.6) is 0 Å². The maximum atomic E-state index is 12.7. The van der Waals surface area contributed by atoms with E-state index < -0.39 is 30.8 Å². The van der Waals surface area contributed by atoms with E-state index in [1.54, 1.807) is 13.0 Å². The topological polar surface area (TPSA) is 59.5 Å². The summed E-state index contributed by atoms with van der Waals surface area (Å²) in [6, 6.07) is 5.57. The molecule has 1 atom stereocenters. The quantitative estimate of drug-likeness (QED) is 0.553. The van der Waals surface area contributed by atoms with Gasteiger partial charge in [0.15, 0.2) is 0 Å². The van der Waals surface area contributed by atoms with Gasteiger partial charge >= 0.3 is 18.4 Å². The number of rotatable bonds is 5. The van der Waals surface area contributed by atoms with Gasteiger partial charge in [0.25, 0.3) is 6.10 Å². The predicted octanol–water partition coefficient (Wildman–Crippen LogP) is 3.94. The lowest BCUT2D eigenvalue weighted by atomic mass is 9.79. The number of benzene rings is 1. The Labute approximate surface area is 215 Å². The number of hydrogen-bond donors (Lipinski definition) is 1. The van der Waals surface area contributed by atoms with Crippen LogP contribution in [0, 0.1) is 5.41 Å². The zero-order valence-corrected chi connectivity index (χ0v) is 20.9. The number of carbonyl (C=O) groups is 1. The number of piperazine rings is 1. The lowest BCUT2D eigenvalue weighted by molar-refractivity contribution is -0.308. The molecule has 1 aromatic carbocycles. The zero-order valence-electron chi connectivity index (χ0n) is 20.2. The van der Waals surface area contributed by atoms with Gasteiger partial charge in [-0.3, -0.25) is 9.80 Å². The minimum atomic E-state index is -5.75. The van der Waals surface area contributed by atoms with Crippen molar-refractivity contribution in [2.45, 2.75) is 44.6 Å². The summed E-state index contributed by atoms with van der Waals surface area (Å²) in [4.78, 5) is 19.2. The van der Waals surface area contributed by atoms with Crippen molar-refractivity contribution in [1.82, 2.24) is 14.7 Å². The smallest absolute Gasteiger partial charge is 0.426 e. The summed E-state index contributed by atoms with van der Waals surface area (Å²) in [5.74, 6) is 0. The van der Waals surface area contributed by atoms with E-state index >= 15 is 0 Å². The Morgan fingerprint density at radius 3 is 2.24 bits per heavy atom. The summed E-state index contributed by atoms with van der Waals surface area (Å²) in [6.07, 6.45) is -16.8. The molecule has 14 heteroatoms. The third-order valence-corrected chi connectivity index (χ3v) is 7.50. The molecular weight excluding hydrogens is 530 g/mol. The number of likely N-dealkylation sites (tertiary alicyclic amines) is 1. The standard InChI is InChI=1S/C23H29ClF6N4O3/c1-15(35)34-13-21(14-34)4-5-33(12-21)18-10-17(24)3-2-16(18)11-31-6-8-32(9-7-31)20(36)37-19(22(25,26)27)23(28,29)30/h2-3,10,15,19,35H,4-9,11-14H2,1H3. The van der Waals surface area contributed by atoms with Crippen LogP contribution in [-0.2, 0) is 11.3 Å². The lowest BCUT2D eigenvalue weighted by Gasteiger charge is -2.49. The molecule has 0 radical (unpaired) electrons. The predicted molar refractivity (Wildman–Crippen MR) is 123 cm³/mol. The van der Waals surface area contributed by atoms with Crippen molar-refractivity contribution in [3.63, 3.8) is 0 Å². The van der Waals surface area contributed by atoms with Gasteiger partial charge in [-0.05, 0) is 31.0 Å². The molecule has 3 fully saturated rings. The second kappa shape index (κ2) is 10.3. The van der Waals surface area contributed by atoms with Gasteiger partial charge < -0.3 is 19.6 Å². The minimum Gasteiger partial charge on any atom is -0.426 e. The second-order valence-electron chi connectivity index (χ2n) is 10.1. The monoisotopic (exact) mass is 558 g/mol. The molecule has 0 saturated carbocycles. The van der Waals surface area contributed by atoms with Crippen LogP contribution in [-0.4, -0.2) is 103 Å². The van der Waals surface area contributed by atoms with Gasteiger partial charge in [-0.15, -0.1) is 0 Å². The molecule has 3 aliphatic heterocycles. The van der Waals surface area contributed by atoms with Crippen molar-refractivity contribution in [3.05, 3.63) is 28.8 Å². The molecule has 1 aromatic rings. The molecule has 3 heterocycles. The summed E-state index contributed by atoms with van der Waals surface area (Å²) < 4.78 is 80.1. The Hall–Kier alpha value is -1.96. The molecule has 37 heavy (non-hydrogen) atoms. The zero-order chi connectivity index (χ0) is 27.2. The van der Waals surface area contributed by atoms with Crippen LogP contribution in [0.1, 0.15) is 18.9 Å². The summed E-state index contributed by atoms with van der Waals surface area (Å²) in [6.45, 7) is 5.91. The van der Waals surface area contributed by atoms with Crippen molar-refractivity contribution in [2.24, 2.45) is 5.41 Å². The van der Waals surface area contributed by atoms with E-state index in [0.29, 0.717) is 11.6 Å². The van der Waals surface area contributed by atoms with Gasteiger partial charge in [0.1, 0.15) is 6.23 Å². The fourth-order valence-electron chi connectivity index (χ4n) is 5.27. The summed E-state index contributed by atoms with van der Waals surface area (Å²) in [7, 11) is 0. The first kappa shape index (κ1) is 28.1. The number of nitrogens with zero attached hydrogens (tertiary/aromatic N) is 4. The van der Waals surface area contributed by atoms with Gasteiger partial charge in [0.2, 0.25) is 0 Å². The number of halogens is 7. The van der Waals surface area contributed by atoms with Gasteiger partial charge in [0.05, 0.1) is 0 Å². The molecule has 1 N–H and O–H groups in total. The van der Waals surface area contributed by atoms with E-state index in [4.69, 9.17) is 11.6 Å². The summed E-state index contributed by atoms with van der Waals surface area (Å²) in [5, 5.41) is 10.4. The first-order valence-corrected chi connectivity index (χ1v) is 12.3. The van der Waals surface area contributed by atoms with Crippen LogP contribution < -0.4 is 4.90 Å². The van der Waals surface area contributed by atoms with Crippen molar-refractivity contribution >= 4 is 23.4 Å². The average Bonchev–Trinajstić information content (AvgIpc) is 3.22. The van der Waals surface area contributed by atoms with E-state index in [1.807, 2.05) is 21.9 Å². The molecule has 4 rings (SSSR count). The normalized spacial score (nSPS) is 22.0. The van der Waals surface area contributed by atoms with Crippen LogP contribution in [0.25, 0.3) is 0 Å². The number of aliphatic hydroxyl groups is 1. The van der Waals surface area contributed by atoms with Crippen LogP contribution in [0.4, 0.5) is 36.8 Å². The highest BCUT2D eigenvalue weighted by molar-refractivity contribution is 6.30.